The number of anilines is 1. The number of allylic oxidation sites excluding steroid dienone is 1. The van der Waals surface area contributed by atoms with Crippen molar-refractivity contribution in [1.29, 1.82) is 0 Å². The van der Waals surface area contributed by atoms with Crippen LogP contribution in [0.2, 0.25) is 5.02 Å². The van der Waals surface area contributed by atoms with E-state index in [1.807, 2.05) is 0 Å². The molecule has 3 aliphatic rings. The van der Waals surface area contributed by atoms with Gasteiger partial charge in [0.15, 0.2) is 11.4 Å². The molecule has 1 aromatic carbocycles. The summed E-state index contributed by atoms with van der Waals surface area (Å²) >= 11 is 7.95. The molecule has 0 fully saturated rings. The van der Waals surface area contributed by atoms with Gasteiger partial charge < -0.3 is 31.9 Å². The molecule has 0 spiro atoms. The summed E-state index contributed by atoms with van der Waals surface area (Å²) in [6, 6.07) is -1.05. The minimum atomic E-state index is -2.68. The average Bonchev–Trinajstić information content (AvgIpc) is 2.72. The lowest BCUT2D eigenvalue weighted by Crippen LogP contribution is -2.63. The number of carbonyl (C=O) groups excluding carboxylic acids is 3. The maximum absolute atomic E-state index is 13.5. The number of phenolic OH excluding ortho intramolecular Hbond substituents is 1. The molecule has 12 heteroatoms. The number of phenols is 1. The number of nitrogens with zero attached hydrogens (tertiary/aromatic N) is 1. The van der Waals surface area contributed by atoms with E-state index in [2.05, 4.69) is 0 Å². The summed E-state index contributed by atoms with van der Waals surface area (Å²) in [6.07, 6.45) is 0.0696. The van der Waals surface area contributed by atoms with E-state index in [0.717, 1.165) is 0 Å². The normalized spacial score (nSPS) is 29.2. The Balaban J connectivity index is 2.00. The summed E-state index contributed by atoms with van der Waals surface area (Å²) in [7, 11) is 3.12. The molecule has 1 amide bonds. The molecule has 3 aliphatic carbocycles. The Labute approximate surface area is 206 Å². The molecule has 4 rings (SSSR count). The first-order valence-corrected chi connectivity index (χ1v) is 11.3. The predicted octanol–water partition coefficient (Wildman–Crippen LogP) is 0.961. The molecule has 33 heavy (non-hydrogen) atoms. The molecular weight excluding hydrogens is 569 g/mol. The van der Waals surface area contributed by atoms with Gasteiger partial charge in [0.05, 0.1) is 25.9 Å². The van der Waals surface area contributed by atoms with E-state index in [4.69, 9.17) is 23.1 Å². The summed E-state index contributed by atoms with van der Waals surface area (Å²) in [5.41, 5.74) is 7.91. The zero-order chi connectivity index (χ0) is 24.7. The smallest absolute Gasteiger partial charge is 0.255 e. The van der Waals surface area contributed by atoms with Gasteiger partial charge in [-0.05, 0) is 61.0 Å². The molecule has 0 saturated carbocycles. The average molecular weight is 590 g/mol. The number of aliphatic hydroxyl groups is 3. The van der Waals surface area contributed by atoms with E-state index >= 15 is 0 Å². The van der Waals surface area contributed by atoms with Crippen LogP contribution >= 0.6 is 34.2 Å². The van der Waals surface area contributed by atoms with Crippen LogP contribution in [0.4, 0.5) is 5.69 Å². The summed E-state index contributed by atoms with van der Waals surface area (Å²) in [5, 5.41) is 44.1. The topological polar surface area (TPSA) is 187 Å². The molecule has 0 aromatic heterocycles. The Morgan fingerprint density at radius 3 is 2.39 bits per heavy atom. The summed E-state index contributed by atoms with van der Waals surface area (Å²) < 4.78 is 0.148. The largest absolute Gasteiger partial charge is 0.510 e. The lowest BCUT2D eigenvalue weighted by Gasteiger charge is -2.50. The van der Waals surface area contributed by atoms with Crippen LogP contribution in [0.3, 0.4) is 0 Å². The van der Waals surface area contributed by atoms with Crippen molar-refractivity contribution in [2.75, 3.05) is 19.8 Å². The molecule has 0 radical (unpaired) electrons. The molecule has 8 N–H and O–H groups in total. The highest BCUT2D eigenvalue weighted by atomic mass is 127. The first-order chi connectivity index (χ1) is 15.3. The summed E-state index contributed by atoms with van der Waals surface area (Å²) in [5.74, 6) is -7.13. The van der Waals surface area contributed by atoms with Crippen molar-refractivity contribution in [3.8, 4) is 5.75 Å². The second-order valence-corrected chi connectivity index (χ2v) is 10.2. The molecule has 1 aromatic rings. The van der Waals surface area contributed by atoms with Crippen LogP contribution in [-0.2, 0) is 16.0 Å². The monoisotopic (exact) mass is 589 g/mol. The van der Waals surface area contributed by atoms with Gasteiger partial charge in [-0.15, -0.1) is 0 Å². The van der Waals surface area contributed by atoms with E-state index in [1.165, 1.54) is 4.90 Å². The Morgan fingerprint density at radius 1 is 1.24 bits per heavy atom. The number of hydrogen-bond donors (Lipinski definition) is 6. The summed E-state index contributed by atoms with van der Waals surface area (Å²) in [4.78, 5) is 40.1. The van der Waals surface area contributed by atoms with Crippen LogP contribution in [0, 0.1) is 15.4 Å². The fraction of sp³-hybridized carbons (Fsp3) is 0.381. The minimum Gasteiger partial charge on any atom is -0.510 e. The van der Waals surface area contributed by atoms with Crippen LogP contribution in [0.15, 0.2) is 22.7 Å². The van der Waals surface area contributed by atoms with Crippen LogP contribution < -0.4 is 11.5 Å². The van der Waals surface area contributed by atoms with E-state index < -0.39 is 63.8 Å². The third kappa shape index (κ3) is 2.95. The second-order valence-electron chi connectivity index (χ2n) is 8.71. The van der Waals surface area contributed by atoms with E-state index in [-0.39, 0.29) is 38.3 Å². The summed E-state index contributed by atoms with van der Waals surface area (Å²) in [6.45, 7) is 0. The number of Topliss-reactive ketones (excluding diaryl/α,β-unsaturated/α-hetero) is 2. The standard InChI is InChI=1S/C21H21ClIN3O7/c1-26(2)14-7-4-5-3-6-9(16(28)12(23)11(22)13(6)24)15(27)8(5)18(30)21(7,33)19(31)10(17(14)29)20(25)32/h5,7,14,28-30,33H,3-4,24H2,1-2H3,(H2,25,32)/t5?,7?,14-,21-/m0/s1. The lowest BCUT2D eigenvalue weighted by molar-refractivity contribution is -0.148. The highest BCUT2D eigenvalue weighted by Crippen LogP contribution is 2.53. The lowest BCUT2D eigenvalue weighted by atomic mass is 9.58. The zero-order valence-corrected chi connectivity index (χ0v) is 20.4. The molecule has 0 heterocycles. The third-order valence-corrected chi connectivity index (χ3v) is 8.58. The van der Waals surface area contributed by atoms with Crippen molar-refractivity contribution >= 4 is 57.4 Å². The number of likely N-dealkylation sites (N-methyl/N-ethyl adjacent to an activating group) is 1. The molecule has 4 atom stereocenters. The van der Waals surface area contributed by atoms with Crippen LogP contribution in [0.1, 0.15) is 22.3 Å². The molecule has 0 saturated heterocycles. The number of aliphatic hydroxyl groups excluding tert-OH is 2. The van der Waals surface area contributed by atoms with Crippen LogP contribution in [-0.4, -0.2) is 68.5 Å². The maximum atomic E-state index is 13.5. The number of carbonyl (C=O) groups is 3. The maximum Gasteiger partial charge on any atom is 0.255 e. The number of hydrogen-bond acceptors (Lipinski definition) is 9. The molecular formula is C21H21ClIN3O7. The van der Waals surface area contributed by atoms with Crippen molar-refractivity contribution in [1.82, 2.24) is 4.90 Å². The van der Waals surface area contributed by atoms with Crippen molar-refractivity contribution in [2.24, 2.45) is 17.6 Å². The zero-order valence-electron chi connectivity index (χ0n) is 17.5. The number of amides is 1. The van der Waals surface area contributed by atoms with Crippen LogP contribution in [0.5, 0.6) is 5.75 Å². The first-order valence-electron chi connectivity index (χ1n) is 9.89. The molecule has 10 nitrogen and oxygen atoms in total. The van der Waals surface area contributed by atoms with E-state index in [1.54, 1.807) is 36.7 Å². The van der Waals surface area contributed by atoms with Gasteiger partial charge in [0.2, 0.25) is 5.78 Å². The van der Waals surface area contributed by atoms with Crippen molar-refractivity contribution in [3.05, 3.63) is 42.4 Å². The Morgan fingerprint density at radius 2 is 1.85 bits per heavy atom. The number of rotatable bonds is 2. The Bertz CT molecular complexity index is 1220. The molecule has 0 bridgehead atoms. The Hall–Kier alpha value is -2.35. The fourth-order valence-electron chi connectivity index (χ4n) is 5.35. The van der Waals surface area contributed by atoms with Crippen molar-refractivity contribution < 1.29 is 34.8 Å². The number of nitrogens with two attached hydrogens (primary N) is 2. The molecule has 176 valence electrons. The van der Waals surface area contributed by atoms with E-state index in [9.17, 15) is 34.8 Å². The Kier molecular flexibility index (Phi) is 5.47. The second kappa shape index (κ2) is 7.58. The number of halogens is 2. The van der Waals surface area contributed by atoms with Crippen molar-refractivity contribution in [2.45, 2.75) is 24.5 Å². The van der Waals surface area contributed by atoms with Gasteiger partial charge in [-0.25, -0.2) is 0 Å². The third-order valence-electron chi connectivity index (χ3n) is 6.82. The minimum absolute atomic E-state index is 0.0183. The number of benzene rings is 1. The van der Waals surface area contributed by atoms with Gasteiger partial charge in [0, 0.05) is 11.5 Å². The van der Waals surface area contributed by atoms with Gasteiger partial charge in [-0.2, -0.15) is 0 Å². The molecule has 0 aliphatic heterocycles. The highest BCUT2D eigenvalue weighted by Gasteiger charge is 2.63. The SMILES string of the molecule is CN(C)[C@@H]1C(O)=C(C(N)=O)C(=O)[C@@]2(O)C(O)=C3C(=O)c4c(O)c(I)c(Cl)c(N)c4CC3CC12. The van der Waals surface area contributed by atoms with Gasteiger partial charge in [0.1, 0.15) is 22.8 Å². The van der Waals surface area contributed by atoms with Crippen LogP contribution in [0.25, 0.3) is 0 Å². The van der Waals surface area contributed by atoms with E-state index in [0.29, 0.717) is 5.56 Å². The quantitative estimate of drug-likeness (QED) is 0.126. The number of primary amides is 1. The first kappa shape index (κ1) is 23.8. The number of nitrogen functional groups attached to an aromatic ring is 1. The number of ketones is 2. The number of aromatic hydroxyl groups is 1. The fourth-order valence-corrected chi connectivity index (χ4v) is 6.11. The van der Waals surface area contributed by atoms with Gasteiger partial charge in [0.25, 0.3) is 5.91 Å². The number of fused-ring (bicyclic) bond motifs is 3. The van der Waals surface area contributed by atoms with Gasteiger partial charge >= 0.3 is 0 Å². The predicted molar refractivity (Wildman–Crippen MR) is 126 cm³/mol. The molecule has 2 unspecified atom stereocenters. The van der Waals surface area contributed by atoms with Crippen molar-refractivity contribution in [3.63, 3.8) is 0 Å². The van der Waals surface area contributed by atoms with Gasteiger partial charge in [-0.1, -0.05) is 11.6 Å². The highest BCUT2D eigenvalue weighted by molar-refractivity contribution is 14.1. The van der Waals surface area contributed by atoms with Gasteiger partial charge in [-0.3, -0.25) is 19.3 Å².